The van der Waals surface area contributed by atoms with Gasteiger partial charge in [0.2, 0.25) is 6.10 Å². The number of amides is 1. The van der Waals surface area contributed by atoms with Crippen LogP contribution in [-0.4, -0.2) is 37.0 Å². The maximum absolute atomic E-state index is 13.3. The summed E-state index contributed by atoms with van der Waals surface area (Å²) in [5.41, 5.74) is 1.26. The lowest BCUT2D eigenvalue weighted by Gasteiger charge is -2.40. The first kappa shape index (κ1) is 21.0. The van der Waals surface area contributed by atoms with Crippen LogP contribution in [0.4, 0.5) is 0 Å². The molecule has 0 radical (unpaired) electrons. The zero-order valence-electron chi connectivity index (χ0n) is 15.8. The Labute approximate surface area is 177 Å². The van der Waals surface area contributed by atoms with Crippen LogP contribution in [0.1, 0.15) is 30.9 Å². The van der Waals surface area contributed by atoms with Gasteiger partial charge >= 0.3 is 0 Å². The number of carbonyl (C=O) groups excluding carboxylic acids is 1. The topological polar surface area (TPSA) is 41.6 Å². The molecule has 0 saturated carbocycles. The predicted octanol–water partition coefficient (Wildman–Crippen LogP) is 4.48. The molecule has 2 saturated heterocycles. The van der Waals surface area contributed by atoms with Crippen LogP contribution < -0.4 is 10.1 Å². The molecule has 2 aromatic carbocycles. The van der Waals surface area contributed by atoms with Crippen LogP contribution in [0.15, 0.2) is 54.6 Å². The zero-order valence-corrected chi connectivity index (χ0v) is 17.3. The number of piperidine rings is 1. The average molecular weight is 421 g/mol. The highest BCUT2D eigenvalue weighted by molar-refractivity contribution is 6.30. The Hall–Kier alpha value is -1.75. The van der Waals surface area contributed by atoms with Gasteiger partial charge in [-0.25, -0.2) is 0 Å². The van der Waals surface area contributed by atoms with Crippen LogP contribution in [0.2, 0.25) is 5.02 Å². The van der Waals surface area contributed by atoms with Crippen molar-refractivity contribution in [3.05, 3.63) is 65.2 Å². The Morgan fingerprint density at radius 2 is 1.71 bits per heavy atom. The number of nitrogens with one attached hydrogen (secondary N) is 1. The van der Waals surface area contributed by atoms with Gasteiger partial charge in [-0.05, 0) is 55.5 Å². The number of rotatable bonds is 4. The molecule has 4 rings (SSSR count). The number of halogens is 2. The molecule has 28 heavy (non-hydrogen) atoms. The van der Waals surface area contributed by atoms with Gasteiger partial charge in [0.15, 0.2) is 0 Å². The van der Waals surface area contributed by atoms with Crippen molar-refractivity contribution >= 4 is 29.9 Å². The molecule has 1 spiro atoms. The molecule has 1 atom stereocenters. The average Bonchev–Trinajstić information content (AvgIpc) is 3.16. The van der Waals surface area contributed by atoms with Gasteiger partial charge in [-0.2, -0.15) is 0 Å². The first-order valence-corrected chi connectivity index (χ1v) is 10.00. The number of hydrogen-bond donors (Lipinski definition) is 1. The van der Waals surface area contributed by atoms with Gasteiger partial charge < -0.3 is 15.0 Å². The fourth-order valence-corrected chi connectivity index (χ4v) is 4.25. The van der Waals surface area contributed by atoms with Crippen molar-refractivity contribution in [1.82, 2.24) is 10.2 Å². The molecule has 4 nitrogen and oxygen atoms in total. The van der Waals surface area contributed by atoms with Gasteiger partial charge in [0.25, 0.3) is 5.91 Å². The molecule has 2 aromatic rings. The van der Waals surface area contributed by atoms with E-state index in [9.17, 15) is 4.79 Å². The number of hydrogen-bond acceptors (Lipinski definition) is 3. The maximum atomic E-state index is 13.3. The van der Waals surface area contributed by atoms with E-state index in [1.807, 2.05) is 35.2 Å². The van der Waals surface area contributed by atoms with Crippen molar-refractivity contribution < 1.29 is 9.53 Å². The summed E-state index contributed by atoms with van der Waals surface area (Å²) in [6, 6.07) is 16.9. The van der Waals surface area contributed by atoms with Gasteiger partial charge in [-0.1, -0.05) is 41.9 Å². The van der Waals surface area contributed by atoms with Crippen LogP contribution >= 0.6 is 24.0 Å². The minimum absolute atomic E-state index is 0. The second-order valence-electron chi connectivity index (χ2n) is 7.61. The Bertz CT molecular complexity index is 767. The number of nitrogens with zero attached hydrogens (tertiary/aromatic N) is 1. The lowest BCUT2D eigenvalue weighted by Crippen LogP contribution is -2.46. The zero-order chi connectivity index (χ0) is 18.7. The standard InChI is InChI=1S/C22H25ClN2O2.ClH/c23-18-6-8-19(9-7-18)27-20(17-4-2-1-3-5-17)21(26)25-14-11-22(12-15-25)10-13-24-16-22;/h1-9,20,24H,10-16H2;1H. The molecule has 0 bridgehead atoms. The SMILES string of the molecule is Cl.O=C(C(Oc1ccc(Cl)cc1)c1ccccc1)N1CCC2(CCNC2)CC1. The van der Waals surface area contributed by atoms with Gasteiger partial charge in [0.1, 0.15) is 5.75 Å². The second kappa shape index (κ2) is 9.17. The van der Waals surface area contributed by atoms with Crippen LogP contribution in [0, 0.1) is 5.41 Å². The molecule has 6 heteroatoms. The summed E-state index contributed by atoms with van der Waals surface area (Å²) in [4.78, 5) is 15.3. The smallest absolute Gasteiger partial charge is 0.268 e. The molecule has 2 fully saturated rings. The number of likely N-dealkylation sites (tertiary alicyclic amines) is 1. The van der Waals surface area contributed by atoms with Gasteiger partial charge in [-0.3, -0.25) is 4.79 Å². The monoisotopic (exact) mass is 420 g/mol. The van der Waals surface area contributed by atoms with Crippen LogP contribution in [0.5, 0.6) is 5.75 Å². The van der Waals surface area contributed by atoms with E-state index in [1.54, 1.807) is 24.3 Å². The van der Waals surface area contributed by atoms with Crippen molar-refractivity contribution in [3.63, 3.8) is 0 Å². The number of ether oxygens (including phenoxy) is 1. The minimum atomic E-state index is -0.636. The van der Waals surface area contributed by atoms with E-state index >= 15 is 0 Å². The molecule has 0 aliphatic carbocycles. The molecule has 2 heterocycles. The third-order valence-corrected chi connectivity index (χ3v) is 6.11. The van der Waals surface area contributed by atoms with E-state index in [-0.39, 0.29) is 18.3 Å². The van der Waals surface area contributed by atoms with Crippen LogP contribution in [0.3, 0.4) is 0 Å². The van der Waals surface area contributed by atoms with E-state index in [0.717, 1.165) is 44.6 Å². The Morgan fingerprint density at radius 1 is 1.04 bits per heavy atom. The lowest BCUT2D eigenvalue weighted by molar-refractivity contribution is -0.141. The highest BCUT2D eigenvalue weighted by Crippen LogP contribution is 2.38. The third-order valence-electron chi connectivity index (χ3n) is 5.86. The quantitative estimate of drug-likeness (QED) is 0.792. The van der Waals surface area contributed by atoms with E-state index in [4.69, 9.17) is 16.3 Å². The van der Waals surface area contributed by atoms with E-state index in [0.29, 0.717) is 16.2 Å². The van der Waals surface area contributed by atoms with Crippen LogP contribution in [0.25, 0.3) is 0 Å². The van der Waals surface area contributed by atoms with Crippen molar-refractivity contribution in [3.8, 4) is 5.75 Å². The summed E-state index contributed by atoms with van der Waals surface area (Å²) in [6.07, 6.45) is 2.71. The van der Waals surface area contributed by atoms with Gasteiger partial charge in [0, 0.05) is 30.2 Å². The fourth-order valence-electron chi connectivity index (χ4n) is 4.13. The highest BCUT2D eigenvalue weighted by Gasteiger charge is 2.39. The summed E-state index contributed by atoms with van der Waals surface area (Å²) in [7, 11) is 0. The summed E-state index contributed by atoms with van der Waals surface area (Å²) in [6.45, 7) is 3.78. The normalized spacial score (nSPS) is 19.1. The molecule has 1 amide bonds. The fraction of sp³-hybridized carbons (Fsp3) is 0.409. The maximum Gasteiger partial charge on any atom is 0.268 e. The second-order valence-corrected chi connectivity index (χ2v) is 8.05. The number of carbonyl (C=O) groups is 1. The Balaban J connectivity index is 0.00000225. The molecule has 1 unspecified atom stereocenters. The molecule has 0 aromatic heterocycles. The summed E-state index contributed by atoms with van der Waals surface area (Å²) in [5, 5.41) is 4.12. The molecular weight excluding hydrogens is 395 g/mol. The predicted molar refractivity (Wildman–Crippen MR) is 114 cm³/mol. The van der Waals surface area contributed by atoms with Crippen molar-refractivity contribution in [2.45, 2.75) is 25.4 Å². The first-order valence-electron chi connectivity index (χ1n) is 9.62. The first-order chi connectivity index (χ1) is 13.2. The van der Waals surface area contributed by atoms with Crippen molar-refractivity contribution in [2.24, 2.45) is 5.41 Å². The summed E-state index contributed by atoms with van der Waals surface area (Å²) < 4.78 is 6.13. The largest absolute Gasteiger partial charge is 0.476 e. The van der Waals surface area contributed by atoms with E-state index < -0.39 is 6.10 Å². The Kier molecular flexibility index (Phi) is 6.86. The van der Waals surface area contributed by atoms with Crippen molar-refractivity contribution in [1.29, 1.82) is 0 Å². The summed E-state index contributed by atoms with van der Waals surface area (Å²) in [5.74, 6) is 0.687. The molecule has 150 valence electrons. The molecule has 2 aliphatic heterocycles. The molecule has 2 aliphatic rings. The molecular formula is C22H26Cl2N2O2. The summed E-state index contributed by atoms with van der Waals surface area (Å²) >= 11 is 5.97. The minimum Gasteiger partial charge on any atom is -0.476 e. The van der Waals surface area contributed by atoms with E-state index in [1.165, 1.54) is 6.42 Å². The third kappa shape index (κ3) is 4.62. The lowest BCUT2D eigenvalue weighted by atomic mass is 9.77. The number of benzene rings is 2. The molecule has 1 N–H and O–H groups in total. The van der Waals surface area contributed by atoms with Crippen LogP contribution in [-0.2, 0) is 4.79 Å². The van der Waals surface area contributed by atoms with Crippen molar-refractivity contribution in [2.75, 3.05) is 26.2 Å². The highest BCUT2D eigenvalue weighted by atomic mass is 35.5. The van der Waals surface area contributed by atoms with Gasteiger partial charge in [-0.15, -0.1) is 12.4 Å². The Morgan fingerprint density at radius 3 is 2.32 bits per heavy atom. The van der Waals surface area contributed by atoms with Gasteiger partial charge in [0.05, 0.1) is 0 Å². The van der Waals surface area contributed by atoms with E-state index in [2.05, 4.69) is 5.32 Å².